The number of H-pyrrole nitrogens is 1. The molecule has 1 aliphatic heterocycles. The Kier molecular flexibility index (Phi) is 2.56. The van der Waals surface area contributed by atoms with E-state index >= 15 is 0 Å². The van der Waals surface area contributed by atoms with Crippen LogP contribution in [0.15, 0.2) is 22.6 Å². The number of nitrogens with zero attached hydrogens (tertiary/aromatic N) is 1. The molecule has 0 atom stereocenters. The summed E-state index contributed by atoms with van der Waals surface area (Å²) in [6.45, 7) is 1.18. The molecule has 3 rings (SSSR count). The fourth-order valence-corrected chi connectivity index (χ4v) is 1.85. The second-order valence-corrected chi connectivity index (χ2v) is 4.03. The maximum Gasteiger partial charge on any atom is 0.284 e. The van der Waals surface area contributed by atoms with Crippen molar-refractivity contribution in [1.29, 1.82) is 0 Å². The van der Waals surface area contributed by atoms with E-state index in [1.807, 2.05) is 18.2 Å². The topological polar surface area (TPSA) is 60.3 Å². The fourth-order valence-electron chi connectivity index (χ4n) is 1.71. The van der Waals surface area contributed by atoms with E-state index in [1.54, 1.807) is 0 Å². The lowest BCUT2D eigenvalue weighted by molar-refractivity contribution is 0.171. The van der Waals surface area contributed by atoms with E-state index in [0.717, 1.165) is 17.1 Å². The summed E-state index contributed by atoms with van der Waals surface area (Å²) >= 11 is 4.82. The molecule has 1 N–H and O–H groups in total. The normalized spacial score (nSPS) is 13.6. The Morgan fingerprint density at radius 2 is 2.06 bits per heavy atom. The monoisotopic (exact) mass is 250 g/mol. The second kappa shape index (κ2) is 4.21. The molecule has 2 aromatic rings. The molecule has 1 aromatic carbocycles. The average Bonchev–Trinajstić information content (AvgIpc) is 2.75. The second-order valence-electron chi connectivity index (χ2n) is 3.66. The predicted molar refractivity (Wildman–Crippen MR) is 61.9 cm³/mol. The maximum absolute atomic E-state index is 5.50. The predicted octanol–water partition coefficient (Wildman–Crippen LogP) is 2.09. The van der Waals surface area contributed by atoms with Gasteiger partial charge in [-0.25, -0.2) is 5.10 Å². The van der Waals surface area contributed by atoms with Gasteiger partial charge in [0.25, 0.3) is 4.84 Å². The van der Waals surface area contributed by atoms with E-state index in [-0.39, 0.29) is 4.84 Å². The van der Waals surface area contributed by atoms with Crippen molar-refractivity contribution >= 4 is 12.2 Å². The summed E-state index contributed by atoms with van der Waals surface area (Å²) in [7, 11) is 0. The van der Waals surface area contributed by atoms with Crippen molar-refractivity contribution in [3.05, 3.63) is 34.5 Å². The number of benzene rings is 1. The molecule has 6 heteroatoms. The van der Waals surface area contributed by atoms with Gasteiger partial charge in [-0.3, -0.25) is 0 Å². The molecule has 0 saturated carbocycles. The molecule has 17 heavy (non-hydrogen) atoms. The zero-order chi connectivity index (χ0) is 11.7. The van der Waals surface area contributed by atoms with Crippen LogP contribution < -0.4 is 9.47 Å². The molecule has 0 bridgehead atoms. The van der Waals surface area contributed by atoms with Crippen molar-refractivity contribution in [2.45, 2.75) is 6.42 Å². The molecule has 0 aliphatic carbocycles. The number of hydrogen-bond acceptors (Lipinski definition) is 5. The van der Waals surface area contributed by atoms with Crippen LogP contribution in [0.25, 0.3) is 0 Å². The number of ether oxygens (including phenoxy) is 2. The van der Waals surface area contributed by atoms with Gasteiger partial charge >= 0.3 is 0 Å². The summed E-state index contributed by atoms with van der Waals surface area (Å²) in [5, 5.41) is 6.55. The number of rotatable bonds is 2. The van der Waals surface area contributed by atoms with Crippen molar-refractivity contribution in [3.63, 3.8) is 0 Å². The lowest BCUT2D eigenvalue weighted by Crippen LogP contribution is -2.15. The summed E-state index contributed by atoms with van der Waals surface area (Å²) in [5.74, 6) is 2.11. The Balaban J connectivity index is 1.86. The zero-order valence-corrected chi connectivity index (χ0v) is 9.75. The van der Waals surface area contributed by atoms with Crippen molar-refractivity contribution in [2.24, 2.45) is 0 Å². The van der Waals surface area contributed by atoms with Crippen molar-refractivity contribution in [3.8, 4) is 11.5 Å². The van der Waals surface area contributed by atoms with Crippen LogP contribution in [0.4, 0.5) is 0 Å². The van der Waals surface area contributed by atoms with Gasteiger partial charge in [0.05, 0.1) is 6.42 Å². The van der Waals surface area contributed by atoms with Gasteiger partial charge in [0, 0.05) is 0 Å². The van der Waals surface area contributed by atoms with E-state index in [4.69, 9.17) is 26.1 Å². The summed E-state index contributed by atoms with van der Waals surface area (Å²) in [6.07, 6.45) is 0.573. The van der Waals surface area contributed by atoms with Crippen LogP contribution in [0.5, 0.6) is 11.5 Å². The third kappa shape index (κ3) is 2.16. The first-order chi connectivity index (χ1) is 8.31. The van der Waals surface area contributed by atoms with Crippen LogP contribution in [-0.2, 0) is 6.42 Å². The number of aromatic amines is 1. The summed E-state index contributed by atoms with van der Waals surface area (Å²) in [4.78, 5) is 0.289. The molecule has 0 radical (unpaired) electrons. The molecule has 2 heterocycles. The molecule has 0 saturated heterocycles. The van der Waals surface area contributed by atoms with E-state index in [0.29, 0.717) is 25.5 Å². The minimum Gasteiger partial charge on any atom is -0.486 e. The standard InChI is InChI=1S/C11H10N2O3S/c17-11-13-12-10(16-11)6-7-1-2-8-9(5-7)15-4-3-14-8/h1-2,5H,3-4,6H2,(H,13,17). The van der Waals surface area contributed by atoms with Gasteiger partial charge in [-0.2, -0.15) is 0 Å². The van der Waals surface area contributed by atoms with Crippen molar-refractivity contribution < 1.29 is 13.9 Å². The Bertz CT molecular complexity index is 590. The lowest BCUT2D eigenvalue weighted by Gasteiger charge is -2.18. The molecule has 1 aromatic heterocycles. The first-order valence-corrected chi connectivity index (χ1v) is 5.65. The molecule has 0 unspecified atom stereocenters. The van der Waals surface area contributed by atoms with Gasteiger partial charge in [-0.05, 0) is 29.9 Å². The highest BCUT2D eigenvalue weighted by Crippen LogP contribution is 2.31. The third-order valence-electron chi connectivity index (χ3n) is 2.44. The Labute approximate surface area is 102 Å². The van der Waals surface area contributed by atoms with E-state index in [1.165, 1.54) is 0 Å². The highest BCUT2D eigenvalue weighted by Gasteiger charge is 2.12. The van der Waals surface area contributed by atoms with E-state index < -0.39 is 0 Å². The molecule has 5 nitrogen and oxygen atoms in total. The molecule has 88 valence electrons. The van der Waals surface area contributed by atoms with Crippen LogP contribution in [-0.4, -0.2) is 23.4 Å². The molecular formula is C11H10N2O3S. The first kappa shape index (κ1) is 10.3. The summed E-state index contributed by atoms with van der Waals surface area (Å²) in [5.41, 5.74) is 1.04. The minimum atomic E-state index is 0.289. The van der Waals surface area contributed by atoms with Crippen molar-refractivity contribution in [1.82, 2.24) is 10.2 Å². The highest BCUT2D eigenvalue weighted by atomic mass is 32.1. The molecule has 0 amide bonds. The van der Waals surface area contributed by atoms with Gasteiger partial charge in [0.15, 0.2) is 11.5 Å². The number of nitrogens with one attached hydrogen (secondary N) is 1. The van der Waals surface area contributed by atoms with Gasteiger partial charge in [0.1, 0.15) is 13.2 Å². The Morgan fingerprint density at radius 3 is 2.82 bits per heavy atom. The summed E-state index contributed by atoms with van der Waals surface area (Å²) < 4.78 is 16.2. The van der Waals surface area contributed by atoms with Gasteiger partial charge in [-0.1, -0.05) is 6.07 Å². The van der Waals surface area contributed by atoms with Crippen LogP contribution >= 0.6 is 12.2 Å². The fraction of sp³-hybridized carbons (Fsp3) is 0.273. The van der Waals surface area contributed by atoms with Crippen LogP contribution in [0, 0.1) is 4.84 Å². The third-order valence-corrected chi connectivity index (χ3v) is 2.62. The minimum absolute atomic E-state index is 0.289. The Morgan fingerprint density at radius 1 is 1.24 bits per heavy atom. The maximum atomic E-state index is 5.50. The largest absolute Gasteiger partial charge is 0.486 e. The lowest BCUT2D eigenvalue weighted by atomic mass is 10.1. The number of fused-ring (bicyclic) bond motifs is 1. The van der Waals surface area contributed by atoms with Crippen LogP contribution in [0.3, 0.4) is 0 Å². The molecule has 0 spiro atoms. The van der Waals surface area contributed by atoms with Crippen molar-refractivity contribution in [2.75, 3.05) is 13.2 Å². The average molecular weight is 250 g/mol. The van der Waals surface area contributed by atoms with Crippen LogP contribution in [0.2, 0.25) is 0 Å². The van der Waals surface area contributed by atoms with Gasteiger partial charge in [0.2, 0.25) is 5.89 Å². The van der Waals surface area contributed by atoms with E-state index in [9.17, 15) is 0 Å². The number of hydrogen-bond donors (Lipinski definition) is 1. The van der Waals surface area contributed by atoms with Crippen LogP contribution in [0.1, 0.15) is 11.5 Å². The quantitative estimate of drug-likeness (QED) is 0.827. The van der Waals surface area contributed by atoms with Gasteiger partial charge < -0.3 is 13.9 Å². The SMILES string of the molecule is S=c1[nH]nc(Cc2ccc3c(c2)OCCO3)o1. The zero-order valence-electron chi connectivity index (χ0n) is 8.93. The molecular weight excluding hydrogens is 240 g/mol. The highest BCUT2D eigenvalue weighted by molar-refractivity contribution is 7.71. The smallest absolute Gasteiger partial charge is 0.284 e. The Hall–Kier alpha value is -1.82. The first-order valence-electron chi connectivity index (χ1n) is 5.24. The summed E-state index contributed by atoms with van der Waals surface area (Å²) in [6, 6.07) is 5.79. The number of aromatic nitrogens is 2. The molecule has 1 aliphatic rings. The van der Waals surface area contributed by atoms with Gasteiger partial charge in [-0.15, -0.1) is 5.10 Å². The molecule has 0 fully saturated rings. The van der Waals surface area contributed by atoms with E-state index in [2.05, 4.69) is 10.2 Å².